The number of fused-ring (bicyclic) bond motifs is 1. The number of rotatable bonds is 4. The lowest BCUT2D eigenvalue weighted by Gasteiger charge is -2.23. The molecule has 0 spiro atoms. The molecule has 0 bridgehead atoms. The minimum Gasteiger partial charge on any atom is -0.339 e. The Kier molecular flexibility index (Phi) is 3.57. The molecule has 1 aliphatic carbocycles. The van der Waals surface area contributed by atoms with Gasteiger partial charge in [-0.05, 0) is 43.9 Å². The monoisotopic (exact) mass is 286 g/mol. The van der Waals surface area contributed by atoms with Gasteiger partial charge in [-0.1, -0.05) is 12.1 Å². The van der Waals surface area contributed by atoms with Crippen molar-refractivity contribution in [2.45, 2.75) is 25.8 Å². The molecular formula is C16H18N2OS. The van der Waals surface area contributed by atoms with E-state index in [1.54, 1.807) is 17.4 Å². The third kappa shape index (κ3) is 2.75. The van der Waals surface area contributed by atoms with E-state index in [0.717, 1.165) is 15.2 Å². The van der Waals surface area contributed by atoms with Gasteiger partial charge < -0.3 is 4.90 Å². The second kappa shape index (κ2) is 5.37. The Morgan fingerprint density at radius 2 is 2.20 bits per heavy atom. The van der Waals surface area contributed by atoms with Crippen LogP contribution in [0.15, 0.2) is 30.3 Å². The van der Waals surface area contributed by atoms with Crippen LogP contribution in [0.1, 0.15) is 24.8 Å². The largest absolute Gasteiger partial charge is 0.339 e. The van der Waals surface area contributed by atoms with Gasteiger partial charge in [-0.3, -0.25) is 4.79 Å². The molecule has 0 aliphatic heterocycles. The van der Waals surface area contributed by atoms with Crippen LogP contribution >= 0.6 is 11.3 Å². The number of nitrogens with zero attached hydrogens (tertiary/aromatic N) is 2. The number of aromatic nitrogens is 1. The normalized spacial score (nSPS) is 16.7. The van der Waals surface area contributed by atoms with Crippen molar-refractivity contribution >= 4 is 33.5 Å². The van der Waals surface area contributed by atoms with Crippen LogP contribution in [-0.2, 0) is 4.79 Å². The molecule has 1 unspecified atom stereocenters. The van der Waals surface area contributed by atoms with E-state index < -0.39 is 0 Å². The number of amides is 1. The molecule has 4 heteroatoms. The topological polar surface area (TPSA) is 33.2 Å². The van der Waals surface area contributed by atoms with Crippen LogP contribution in [0.4, 0.5) is 0 Å². The van der Waals surface area contributed by atoms with Crippen LogP contribution in [-0.4, -0.2) is 28.9 Å². The molecule has 1 aliphatic rings. The summed E-state index contributed by atoms with van der Waals surface area (Å²) in [6, 6.07) is 8.36. The van der Waals surface area contributed by atoms with Crippen molar-refractivity contribution in [3.05, 3.63) is 35.3 Å². The van der Waals surface area contributed by atoms with Gasteiger partial charge in [0.25, 0.3) is 0 Å². The van der Waals surface area contributed by atoms with Crippen LogP contribution in [0.25, 0.3) is 16.3 Å². The Bertz CT molecular complexity index is 624. The molecule has 1 aromatic carbocycles. The van der Waals surface area contributed by atoms with Gasteiger partial charge >= 0.3 is 0 Å². The number of carbonyl (C=O) groups excluding carboxylic acids is 1. The summed E-state index contributed by atoms with van der Waals surface area (Å²) >= 11 is 1.61. The van der Waals surface area contributed by atoms with E-state index in [4.69, 9.17) is 0 Å². The Balaban J connectivity index is 1.70. The zero-order valence-electron chi connectivity index (χ0n) is 11.7. The van der Waals surface area contributed by atoms with Gasteiger partial charge in [0.1, 0.15) is 5.01 Å². The predicted octanol–water partition coefficient (Wildman–Crippen LogP) is 3.57. The van der Waals surface area contributed by atoms with Crippen molar-refractivity contribution in [2.75, 3.05) is 7.05 Å². The number of hydrogen-bond donors (Lipinski definition) is 0. The van der Waals surface area contributed by atoms with Gasteiger partial charge in [-0.25, -0.2) is 4.98 Å². The van der Waals surface area contributed by atoms with Gasteiger partial charge in [0.15, 0.2) is 0 Å². The predicted molar refractivity (Wildman–Crippen MR) is 83.6 cm³/mol. The summed E-state index contributed by atoms with van der Waals surface area (Å²) in [4.78, 5) is 18.5. The zero-order valence-corrected chi connectivity index (χ0v) is 12.6. The maximum atomic E-state index is 12.1. The maximum Gasteiger partial charge on any atom is 0.246 e. The van der Waals surface area contributed by atoms with Crippen molar-refractivity contribution in [3.8, 4) is 0 Å². The molecule has 1 heterocycles. The van der Waals surface area contributed by atoms with Crippen LogP contribution in [0.3, 0.4) is 0 Å². The zero-order chi connectivity index (χ0) is 14.1. The first-order chi connectivity index (χ1) is 9.65. The Morgan fingerprint density at radius 3 is 2.90 bits per heavy atom. The second-order valence-corrected chi connectivity index (χ2v) is 6.44. The quantitative estimate of drug-likeness (QED) is 0.805. The highest BCUT2D eigenvalue weighted by atomic mass is 32.1. The molecule has 1 aromatic heterocycles. The molecule has 3 rings (SSSR count). The van der Waals surface area contributed by atoms with E-state index in [-0.39, 0.29) is 5.91 Å². The van der Waals surface area contributed by atoms with Crippen molar-refractivity contribution in [1.29, 1.82) is 0 Å². The molecule has 0 N–H and O–H groups in total. The molecule has 1 atom stereocenters. The van der Waals surface area contributed by atoms with E-state index in [1.165, 1.54) is 12.8 Å². The third-order valence-corrected chi connectivity index (χ3v) is 4.94. The van der Waals surface area contributed by atoms with Gasteiger partial charge in [0, 0.05) is 19.2 Å². The summed E-state index contributed by atoms with van der Waals surface area (Å²) < 4.78 is 1.15. The average Bonchev–Trinajstić information content (AvgIpc) is 3.22. The first kappa shape index (κ1) is 13.3. The van der Waals surface area contributed by atoms with Crippen LogP contribution in [0.2, 0.25) is 0 Å². The molecule has 1 fully saturated rings. The van der Waals surface area contributed by atoms with Crippen molar-refractivity contribution in [1.82, 2.24) is 9.88 Å². The van der Waals surface area contributed by atoms with Gasteiger partial charge in [0.2, 0.25) is 5.91 Å². The molecule has 0 radical (unpaired) electrons. The van der Waals surface area contributed by atoms with E-state index in [2.05, 4.69) is 11.9 Å². The lowest BCUT2D eigenvalue weighted by atomic mass is 10.2. The maximum absolute atomic E-state index is 12.1. The fourth-order valence-corrected chi connectivity index (χ4v) is 3.19. The van der Waals surface area contributed by atoms with Gasteiger partial charge in [-0.15, -0.1) is 11.3 Å². The molecule has 3 nitrogen and oxygen atoms in total. The van der Waals surface area contributed by atoms with Crippen LogP contribution in [0, 0.1) is 5.92 Å². The Morgan fingerprint density at radius 1 is 1.45 bits per heavy atom. The smallest absolute Gasteiger partial charge is 0.246 e. The highest BCUT2D eigenvalue weighted by Gasteiger charge is 2.31. The minimum absolute atomic E-state index is 0.0589. The lowest BCUT2D eigenvalue weighted by Crippen LogP contribution is -2.35. The van der Waals surface area contributed by atoms with Crippen molar-refractivity contribution in [2.24, 2.45) is 5.92 Å². The molecule has 20 heavy (non-hydrogen) atoms. The number of carbonyl (C=O) groups is 1. The first-order valence-electron chi connectivity index (χ1n) is 6.95. The number of benzene rings is 1. The SMILES string of the molecule is CC(C1CC1)N(C)C(=O)/C=C/c1nc2ccccc2s1. The van der Waals surface area contributed by atoms with Crippen molar-refractivity contribution < 1.29 is 4.79 Å². The standard InChI is InChI=1S/C16H18N2OS/c1-11(12-7-8-12)18(2)16(19)10-9-15-17-13-5-3-4-6-14(13)20-15/h3-6,9-12H,7-8H2,1-2H3/b10-9+. The molecular weight excluding hydrogens is 268 g/mol. The van der Waals surface area contributed by atoms with Crippen molar-refractivity contribution in [3.63, 3.8) is 0 Å². The second-order valence-electron chi connectivity index (χ2n) is 5.38. The van der Waals surface area contributed by atoms with Crippen LogP contribution in [0.5, 0.6) is 0 Å². The summed E-state index contributed by atoms with van der Waals surface area (Å²) in [7, 11) is 1.88. The molecule has 2 aromatic rings. The highest BCUT2D eigenvalue weighted by molar-refractivity contribution is 7.19. The summed E-state index contributed by atoms with van der Waals surface area (Å²) in [5, 5.41) is 0.882. The minimum atomic E-state index is 0.0589. The summed E-state index contributed by atoms with van der Waals surface area (Å²) in [6.07, 6.45) is 5.96. The van der Waals surface area contributed by atoms with E-state index in [9.17, 15) is 4.79 Å². The first-order valence-corrected chi connectivity index (χ1v) is 7.77. The Hall–Kier alpha value is -1.68. The highest BCUT2D eigenvalue weighted by Crippen LogP contribution is 2.34. The summed E-state index contributed by atoms with van der Waals surface area (Å²) in [5.74, 6) is 0.753. The lowest BCUT2D eigenvalue weighted by molar-refractivity contribution is -0.126. The van der Waals surface area contributed by atoms with Crippen LogP contribution < -0.4 is 0 Å². The summed E-state index contributed by atoms with van der Waals surface area (Å²) in [6.45, 7) is 2.13. The van der Waals surface area contributed by atoms with E-state index in [0.29, 0.717) is 12.0 Å². The van der Waals surface area contributed by atoms with Gasteiger partial charge in [0.05, 0.1) is 10.2 Å². The molecule has 1 saturated carbocycles. The number of thiazole rings is 1. The molecule has 1 amide bonds. The third-order valence-electron chi connectivity index (χ3n) is 3.94. The molecule has 0 saturated heterocycles. The average molecular weight is 286 g/mol. The molecule has 104 valence electrons. The van der Waals surface area contributed by atoms with E-state index in [1.807, 2.05) is 42.3 Å². The summed E-state index contributed by atoms with van der Waals surface area (Å²) in [5.41, 5.74) is 0.990. The number of hydrogen-bond acceptors (Lipinski definition) is 3. The fraction of sp³-hybridized carbons (Fsp3) is 0.375. The number of para-hydroxylation sites is 1. The van der Waals surface area contributed by atoms with E-state index >= 15 is 0 Å². The number of likely N-dealkylation sites (N-methyl/N-ethyl adjacent to an activating group) is 1. The Labute approximate surface area is 122 Å². The fourth-order valence-electron chi connectivity index (χ4n) is 2.32. The van der Waals surface area contributed by atoms with Gasteiger partial charge in [-0.2, -0.15) is 0 Å².